The fourth-order valence-electron chi connectivity index (χ4n) is 1.49. The number of hydrogen-bond donors (Lipinski definition) is 1. The molecule has 0 saturated heterocycles. The fraction of sp³-hybridized carbons (Fsp3) is 0.462. The van der Waals surface area contributed by atoms with E-state index in [2.05, 4.69) is 29.1 Å². The zero-order chi connectivity index (χ0) is 12.0. The van der Waals surface area contributed by atoms with Gasteiger partial charge in [-0.05, 0) is 31.5 Å². The van der Waals surface area contributed by atoms with Gasteiger partial charge in [0.15, 0.2) is 0 Å². The van der Waals surface area contributed by atoms with E-state index in [1.807, 2.05) is 19.2 Å². The van der Waals surface area contributed by atoms with Crippen molar-refractivity contribution in [2.75, 3.05) is 14.2 Å². The number of methoxy groups -OCH3 is 1. The molecule has 0 radical (unpaired) electrons. The van der Waals surface area contributed by atoms with E-state index in [1.54, 1.807) is 0 Å². The van der Waals surface area contributed by atoms with Gasteiger partial charge in [-0.15, -0.1) is 0 Å². The van der Waals surface area contributed by atoms with Crippen LogP contribution in [0.4, 0.5) is 0 Å². The Morgan fingerprint density at radius 2 is 1.88 bits per heavy atom. The molecule has 0 aliphatic heterocycles. The van der Waals surface area contributed by atoms with E-state index < -0.39 is 0 Å². The van der Waals surface area contributed by atoms with Crippen LogP contribution in [-0.4, -0.2) is 26.2 Å². The molecule has 0 aliphatic rings. The van der Waals surface area contributed by atoms with Crippen molar-refractivity contribution in [1.82, 2.24) is 5.32 Å². The summed E-state index contributed by atoms with van der Waals surface area (Å²) < 4.78 is 4.62. The van der Waals surface area contributed by atoms with Gasteiger partial charge in [0.1, 0.15) is 0 Å². The molecular formula is C13H19NO2. The third kappa shape index (κ3) is 4.03. The second-order valence-electron chi connectivity index (χ2n) is 3.96. The predicted molar refractivity (Wildman–Crippen MR) is 64.4 cm³/mol. The van der Waals surface area contributed by atoms with Crippen LogP contribution >= 0.6 is 0 Å². The molecule has 0 fully saturated rings. The lowest BCUT2D eigenvalue weighted by Crippen LogP contribution is -2.23. The molecule has 0 aliphatic carbocycles. The molecule has 88 valence electrons. The second kappa shape index (κ2) is 6.28. The summed E-state index contributed by atoms with van der Waals surface area (Å²) >= 11 is 0. The maximum Gasteiger partial charge on any atom is 0.309 e. The lowest BCUT2D eigenvalue weighted by atomic mass is 10.0. The third-order valence-corrected chi connectivity index (χ3v) is 2.63. The lowest BCUT2D eigenvalue weighted by molar-refractivity contribution is -0.139. The van der Waals surface area contributed by atoms with E-state index in [-0.39, 0.29) is 5.97 Å². The smallest absolute Gasteiger partial charge is 0.309 e. The van der Waals surface area contributed by atoms with Gasteiger partial charge in [-0.25, -0.2) is 0 Å². The second-order valence-corrected chi connectivity index (χ2v) is 3.96. The summed E-state index contributed by atoms with van der Waals surface area (Å²) in [4.78, 5) is 11.1. The molecule has 0 amide bonds. The largest absolute Gasteiger partial charge is 0.469 e. The number of rotatable bonds is 5. The van der Waals surface area contributed by atoms with Crippen LogP contribution in [-0.2, 0) is 22.4 Å². The molecule has 1 aromatic rings. The molecule has 0 saturated carbocycles. The summed E-state index contributed by atoms with van der Waals surface area (Å²) in [5.74, 6) is -0.198. The monoisotopic (exact) mass is 221 g/mol. The molecule has 3 heteroatoms. The van der Waals surface area contributed by atoms with Crippen molar-refractivity contribution in [3.05, 3.63) is 35.4 Å². The standard InChI is InChI=1S/C13H19NO2/c1-10(14-2)8-11-4-6-12(7-5-11)9-13(15)16-3/h4-7,10,14H,8-9H2,1-3H3. The molecule has 1 N–H and O–H groups in total. The van der Waals surface area contributed by atoms with Crippen molar-refractivity contribution in [2.45, 2.75) is 25.8 Å². The highest BCUT2D eigenvalue weighted by Gasteiger charge is 2.04. The number of benzene rings is 1. The first-order chi connectivity index (χ1) is 7.65. The molecule has 1 atom stereocenters. The molecule has 0 heterocycles. The maximum atomic E-state index is 11.1. The van der Waals surface area contributed by atoms with Crippen LogP contribution in [0.25, 0.3) is 0 Å². The minimum atomic E-state index is -0.198. The normalized spacial score (nSPS) is 12.2. The molecule has 3 nitrogen and oxygen atoms in total. The minimum absolute atomic E-state index is 0.198. The van der Waals surface area contributed by atoms with Gasteiger partial charge in [0.25, 0.3) is 0 Å². The number of nitrogens with one attached hydrogen (secondary N) is 1. The van der Waals surface area contributed by atoms with Crippen LogP contribution in [0.3, 0.4) is 0 Å². The van der Waals surface area contributed by atoms with E-state index in [4.69, 9.17) is 0 Å². The summed E-state index contributed by atoms with van der Waals surface area (Å²) in [6.45, 7) is 2.14. The highest BCUT2D eigenvalue weighted by atomic mass is 16.5. The van der Waals surface area contributed by atoms with E-state index in [1.165, 1.54) is 12.7 Å². The maximum absolute atomic E-state index is 11.1. The van der Waals surface area contributed by atoms with Gasteiger partial charge >= 0.3 is 5.97 Å². The molecule has 0 bridgehead atoms. The van der Waals surface area contributed by atoms with Crippen LogP contribution in [0, 0.1) is 0 Å². The van der Waals surface area contributed by atoms with Crippen molar-refractivity contribution < 1.29 is 9.53 Å². The van der Waals surface area contributed by atoms with Crippen LogP contribution < -0.4 is 5.32 Å². The zero-order valence-corrected chi connectivity index (χ0v) is 10.1. The Balaban J connectivity index is 2.57. The number of hydrogen-bond acceptors (Lipinski definition) is 3. The molecule has 1 aromatic carbocycles. The molecule has 0 aromatic heterocycles. The van der Waals surface area contributed by atoms with Gasteiger partial charge in [0, 0.05) is 6.04 Å². The van der Waals surface area contributed by atoms with E-state index in [9.17, 15) is 4.79 Å². The van der Waals surface area contributed by atoms with E-state index >= 15 is 0 Å². The van der Waals surface area contributed by atoms with Crippen molar-refractivity contribution >= 4 is 5.97 Å². The van der Waals surface area contributed by atoms with Crippen LogP contribution in [0.1, 0.15) is 18.1 Å². The van der Waals surface area contributed by atoms with Crippen molar-refractivity contribution in [1.29, 1.82) is 0 Å². The van der Waals surface area contributed by atoms with Gasteiger partial charge in [0.2, 0.25) is 0 Å². The number of ether oxygens (including phenoxy) is 1. The average molecular weight is 221 g/mol. The number of esters is 1. The summed E-state index contributed by atoms with van der Waals surface area (Å²) in [5, 5.41) is 3.20. The molecule has 0 spiro atoms. The van der Waals surface area contributed by atoms with Crippen LogP contribution in [0.15, 0.2) is 24.3 Å². The highest BCUT2D eigenvalue weighted by molar-refractivity contribution is 5.72. The number of likely N-dealkylation sites (N-methyl/N-ethyl adjacent to an activating group) is 1. The van der Waals surface area contributed by atoms with Gasteiger partial charge in [-0.3, -0.25) is 4.79 Å². The third-order valence-electron chi connectivity index (χ3n) is 2.63. The van der Waals surface area contributed by atoms with E-state index in [0.29, 0.717) is 12.5 Å². The van der Waals surface area contributed by atoms with Gasteiger partial charge in [-0.1, -0.05) is 24.3 Å². The Bertz CT molecular complexity index is 332. The van der Waals surface area contributed by atoms with Crippen molar-refractivity contribution in [3.8, 4) is 0 Å². The summed E-state index contributed by atoms with van der Waals surface area (Å²) in [6, 6.07) is 8.55. The Kier molecular flexibility index (Phi) is 4.99. The first-order valence-electron chi connectivity index (χ1n) is 5.47. The van der Waals surface area contributed by atoms with Gasteiger partial charge < -0.3 is 10.1 Å². The lowest BCUT2D eigenvalue weighted by Gasteiger charge is -2.10. The quantitative estimate of drug-likeness (QED) is 0.767. The van der Waals surface area contributed by atoms with Gasteiger partial charge in [0.05, 0.1) is 13.5 Å². The first-order valence-corrected chi connectivity index (χ1v) is 5.47. The molecule has 1 unspecified atom stereocenters. The minimum Gasteiger partial charge on any atom is -0.469 e. The fourth-order valence-corrected chi connectivity index (χ4v) is 1.49. The average Bonchev–Trinajstić information content (AvgIpc) is 2.31. The zero-order valence-electron chi connectivity index (χ0n) is 10.1. The first kappa shape index (κ1) is 12.7. The van der Waals surface area contributed by atoms with Crippen LogP contribution in [0.2, 0.25) is 0 Å². The Morgan fingerprint density at radius 1 is 1.31 bits per heavy atom. The Morgan fingerprint density at radius 3 is 2.38 bits per heavy atom. The molecular weight excluding hydrogens is 202 g/mol. The van der Waals surface area contributed by atoms with Crippen molar-refractivity contribution in [2.24, 2.45) is 0 Å². The Labute approximate surface area is 96.8 Å². The number of carbonyl (C=O) groups excluding carboxylic acids is 1. The summed E-state index contributed by atoms with van der Waals surface area (Å²) in [5.41, 5.74) is 2.27. The van der Waals surface area contributed by atoms with Crippen molar-refractivity contribution in [3.63, 3.8) is 0 Å². The summed E-state index contributed by atoms with van der Waals surface area (Å²) in [6.07, 6.45) is 1.34. The van der Waals surface area contributed by atoms with Crippen LogP contribution in [0.5, 0.6) is 0 Å². The number of carbonyl (C=O) groups is 1. The molecule has 1 rings (SSSR count). The highest BCUT2D eigenvalue weighted by Crippen LogP contribution is 2.08. The van der Waals surface area contributed by atoms with E-state index in [0.717, 1.165) is 12.0 Å². The molecule has 16 heavy (non-hydrogen) atoms. The summed E-state index contributed by atoms with van der Waals surface area (Å²) in [7, 11) is 3.36. The van der Waals surface area contributed by atoms with Gasteiger partial charge in [-0.2, -0.15) is 0 Å². The Hall–Kier alpha value is -1.35. The predicted octanol–water partition coefficient (Wildman–Crippen LogP) is 1.55. The SMILES string of the molecule is CNC(C)Cc1ccc(CC(=O)OC)cc1. The topological polar surface area (TPSA) is 38.3 Å².